The molecule has 0 radical (unpaired) electrons. The SMILES string of the molecule is Cl.NCC(=O)NCC(=O)NCCc1cccc(F)c1. The van der Waals surface area contributed by atoms with Crippen molar-refractivity contribution in [1.29, 1.82) is 0 Å². The first-order valence-corrected chi connectivity index (χ1v) is 5.59. The second-order valence-corrected chi connectivity index (χ2v) is 3.71. The van der Waals surface area contributed by atoms with Gasteiger partial charge in [0.05, 0.1) is 13.1 Å². The van der Waals surface area contributed by atoms with E-state index in [9.17, 15) is 14.0 Å². The fourth-order valence-electron chi connectivity index (χ4n) is 1.35. The Balaban J connectivity index is 0.00000324. The lowest BCUT2D eigenvalue weighted by Gasteiger charge is -2.06. The van der Waals surface area contributed by atoms with Gasteiger partial charge in [-0.3, -0.25) is 9.59 Å². The van der Waals surface area contributed by atoms with Gasteiger partial charge >= 0.3 is 0 Å². The van der Waals surface area contributed by atoms with Crippen molar-refractivity contribution >= 4 is 24.2 Å². The molecule has 0 unspecified atom stereocenters. The van der Waals surface area contributed by atoms with Crippen LogP contribution in [0.3, 0.4) is 0 Å². The Kier molecular flexibility index (Phi) is 8.48. The number of carbonyl (C=O) groups is 2. The Morgan fingerprint density at radius 3 is 2.58 bits per heavy atom. The molecule has 0 saturated heterocycles. The summed E-state index contributed by atoms with van der Waals surface area (Å²) in [6, 6.07) is 6.19. The monoisotopic (exact) mass is 289 g/mol. The molecule has 4 N–H and O–H groups in total. The average Bonchev–Trinajstić information content (AvgIpc) is 2.36. The lowest BCUT2D eigenvalue weighted by molar-refractivity contribution is -0.125. The molecule has 0 heterocycles. The van der Waals surface area contributed by atoms with Gasteiger partial charge in [-0.25, -0.2) is 4.39 Å². The normalized spacial score (nSPS) is 9.37. The van der Waals surface area contributed by atoms with Gasteiger partial charge in [-0.15, -0.1) is 12.4 Å². The number of hydrogen-bond donors (Lipinski definition) is 3. The van der Waals surface area contributed by atoms with Crippen molar-refractivity contribution < 1.29 is 14.0 Å². The number of nitrogens with two attached hydrogens (primary N) is 1. The average molecular weight is 290 g/mol. The maximum absolute atomic E-state index is 12.9. The molecule has 1 rings (SSSR count). The number of carbonyl (C=O) groups excluding carboxylic acids is 2. The third-order valence-electron chi connectivity index (χ3n) is 2.26. The summed E-state index contributed by atoms with van der Waals surface area (Å²) in [7, 11) is 0. The maximum Gasteiger partial charge on any atom is 0.239 e. The number of amides is 2. The molecule has 0 saturated carbocycles. The van der Waals surface area contributed by atoms with Crippen LogP contribution in [-0.4, -0.2) is 31.4 Å². The van der Waals surface area contributed by atoms with Crippen LogP contribution in [0.1, 0.15) is 5.56 Å². The third-order valence-corrected chi connectivity index (χ3v) is 2.26. The van der Waals surface area contributed by atoms with Crippen LogP contribution in [-0.2, 0) is 16.0 Å². The van der Waals surface area contributed by atoms with Crippen molar-refractivity contribution in [2.24, 2.45) is 5.73 Å². The molecule has 0 aliphatic heterocycles. The highest BCUT2D eigenvalue weighted by molar-refractivity contribution is 5.85. The van der Waals surface area contributed by atoms with E-state index in [1.807, 2.05) is 0 Å². The predicted molar refractivity (Wildman–Crippen MR) is 72.4 cm³/mol. The van der Waals surface area contributed by atoms with Crippen molar-refractivity contribution in [2.45, 2.75) is 6.42 Å². The molecular formula is C12H17ClFN3O2. The number of rotatable bonds is 6. The van der Waals surface area contributed by atoms with Crippen molar-refractivity contribution in [3.63, 3.8) is 0 Å². The van der Waals surface area contributed by atoms with Gasteiger partial charge in [-0.2, -0.15) is 0 Å². The summed E-state index contributed by atoms with van der Waals surface area (Å²) in [5.41, 5.74) is 5.88. The second kappa shape index (κ2) is 9.29. The first kappa shape index (κ1) is 17.3. The van der Waals surface area contributed by atoms with E-state index in [-0.39, 0.29) is 43.1 Å². The maximum atomic E-state index is 12.9. The smallest absolute Gasteiger partial charge is 0.239 e. The Hall–Kier alpha value is -1.66. The molecule has 106 valence electrons. The van der Waals surface area contributed by atoms with E-state index >= 15 is 0 Å². The minimum Gasteiger partial charge on any atom is -0.354 e. The predicted octanol–water partition coefficient (Wildman–Crippen LogP) is -0.0189. The molecule has 7 heteroatoms. The van der Waals surface area contributed by atoms with Gasteiger partial charge in [-0.1, -0.05) is 12.1 Å². The van der Waals surface area contributed by atoms with Gasteiger partial charge in [0.25, 0.3) is 0 Å². The molecular weight excluding hydrogens is 273 g/mol. The van der Waals surface area contributed by atoms with Crippen LogP contribution in [0.5, 0.6) is 0 Å². The van der Waals surface area contributed by atoms with Crippen LogP contribution >= 0.6 is 12.4 Å². The second-order valence-electron chi connectivity index (χ2n) is 3.71. The zero-order valence-electron chi connectivity index (χ0n) is 10.3. The largest absolute Gasteiger partial charge is 0.354 e. The minimum absolute atomic E-state index is 0. The van der Waals surface area contributed by atoms with Gasteiger partial charge in [0.15, 0.2) is 0 Å². The molecule has 0 atom stereocenters. The molecule has 1 aromatic carbocycles. The van der Waals surface area contributed by atoms with Crippen molar-refractivity contribution in [2.75, 3.05) is 19.6 Å². The first-order chi connectivity index (χ1) is 8.61. The van der Waals surface area contributed by atoms with Crippen molar-refractivity contribution in [3.05, 3.63) is 35.6 Å². The highest BCUT2D eigenvalue weighted by Crippen LogP contribution is 2.03. The minimum atomic E-state index is -0.379. The van der Waals surface area contributed by atoms with E-state index in [0.29, 0.717) is 13.0 Å². The summed E-state index contributed by atoms with van der Waals surface area (Å²) in [4.78, 5) is 22.1. The van der Waals surface area contributed by atoms with E-state index in [0.717, 1.165) is 5.56 Å². The molecule has 0 aromatic heterocycles. The quantitative estimate of drug-likeness (QED) is 0.688. The van der Waals surface area contributed by atoms with Gasteiger partial charge in [0.2, 0.25) is 11.8 Å². The van der Waals surface area contributed by atoms with Crippen LogP contribution in [0.4, 0.5) is 4.39 Å². The molecule has 0 aliphatic rings. The van der Waals surface area contributed by atoms with Gasteiger partial charge in [0, 0.05) is 6.54 Å². The third kappa shape index (κ3) is 7.38. The standard InChI is InChI=1S/C12H16FN3O2.ClH/c13-10-3-1-2-9(6-10)4-5-15-12(18)8-16-11(17)7-14;/h1-3,6H,4-5,7-8,14H2,(H,15,18)(H,16,17);1H. The van der Waals surface area contributed by atoms with Crippen LogP contribution in [0.15, 0.2) is 24.3 Å². The molecule has 0 bridgehead atoms. The highest BCUT2D eigenvalue weighted by atomic mass is 35.5. The van der Waals surface area contributed by atoms with Gasteiger partial charge in [0.1, 0.15) is 5.82 Å². The summed E-state index contributed by atoms with van der Waals surface area (Å²) in [6.45, 7) is 0.149. The molecule has 2 amide bonds. The Labute approximate surface area is 117 Å². The van der Waals surface area contributed by atoms with E-state index in [1.54, 1.807) is 12.1 Å². The molecule has 0 spiro atoms. The number of benzene rings is 1. The Bertz CT molecular complexity index is 429. The summed E-state index contributed by atoms with van der Waals surface area (Å²) >= 11 is 0. The van der Waals surface area contributed by atoms with E-state index < -0.39 is 0 Å². The number of nitrogens with one attached hydrogen (secondary N) is 2. The first-order valence-electron chi connectivity index (χ1n) is 5.59. The van der Waals surface area contributed by atoms with Gasteiger partial charge < -0.3 is 16.4 Å². The fourth-order valence-corrected chi connectivity index (χ4v) is 1.35. The topological polar surface area (TPSA) is 84.2 Å². The van der Waals surface area contributed by atoms with E-state index in [2.05, 4.69) is 10.6 Å². The van der Waals surface area contributed by atoms with Crippen molar-refractivity contribution in [1.82, 2.24) is 10.6 Å². The number of halogens is 2. The molecule has 0 aliphatic carbocycles. The van der Waals surface area contributed by atoms with Gasteiger partial charge in [-0.05, 0) is 24.1 Å². The summed E-state index contributed by atoms with van der Waals surface area (Å²) in [6.07, 6.45) is 0.536. The highest BCUT2D eigenvalue weighted by Gasteiger charge is 2.03. The van der Waals surface area contributed by atoms with E-state index in [1.165, 1.54) is 12.1 Å². The summed E-state index contributed by atoms with van der Waals surface area (Å²) in [5, 5.41) is 4.97. The van der Waals surface area contributed by atoms with Crippen LogP contribution in [0.25, 0.3) is 0 Å². The van der Waals surface area contributed by atoms with E-state index in [4.69, 9.17) is 5.73 Å². The van der Waals surface area contributed by atoms with Crippen molar-refractivity contribution in [3.8, 4) is 0 Å². The Morgan fingerprint density at radius 1 is 1.21 bits per heavy atom. The molecule has 1 aromatic rings. The van der Waals surface area contributed by atoms with Crippen LogP contribution in [0.2, 0.25) is 0 Å². The summed E-state index contributed by atoms with van der Waals surface area (Å²) in [5.74, 6) is -0.975. The lowest BCUT2D eigenvalue weighted by atomic mass is 10.1. The van der Waals surface area contributed by atoms with Crippen LogP contribution < -0.4 is 16.4 Å². The lowest BCUT2D eigenvalue weighted by Crippen LogP contribution is -2.40. The Morgan fingerprint density at radius 2 is 1.95 bits per heavy atom. The number of hydrogen-bond acceptors (Lipinski definition) is 3. The molecule has 0 fully saturated rings. The zero-order valence-corrected chi connectivity index (χ0v) is 11.1. The fraction of sp³-hybridized carbons (Fsp3) is 0.333. The van der Waals surface area contributed by atoms with Crippen LogP contribution in [0, 0.1) is 5.82 Å². The molecule has 5 nitrogen and oxygen atoms in total. The summed E-state index contributed by atoms with van der Waals surface area (Å²) < 4.78 is 12.9. The molecule has 19 heavy (non-hydrogen) atoms. The zero-order chi connectivity index (χ0) is 13.4.